The van der Waals surface area contributed by atoms with Crippen LogP contribution in [0.15, 0.2) is 42.5 Å². The maximum atomic E-state index is 13.4. The molecule has 0 spiro atoms. The van der Waals surface area contributed by atoms with Crippen molar-refractivity contribution in [1.29, 1.82) is 0 Å². The van der Waals surface area contributed by atoms with E-state index in [0.29, 0.717) is 18.9 Å². The van der Waals surface area contributed by atoms with E-state index in [4.69, 9.17) is 14.2 Å². The SMILES string of the molecule is CN(CCOc1ccccc1F)Cc1ccc2c(c1)OCO2. The minimum absolute atomic E-state index is 0.283. The Kier molecular flexibility index (Phi) is 4.44. The quantitative estimate of drug-likeness (QED) is 0.820. The van der Waals surface area contributed by atoms with Gasteiger partial charge in [0.25, 0.3) is 0 Å². The molecular weight excluding hydrogens is 285 g/mol. The van der Waals surface area contributed by atoms with E-state index in [1.54, 1.807) is 18.2 Å². The van der Waals surface area contributed by atoms with Crippen molar-refractivity contribution in [2.75, 3.05) is 27.0 Å². The van der Waals surface area contributed by atoms with Crippen LogP contribution < -0.4 is 14.2 Å². The van der Waals surface area contributed by atoms with Crippen LogP contribution in [0.4, 0.5) is 4.39 Å². The number of para-hydroxylation sites is 1. The third-order valence-electron chi connectivity index (χ3n) is 3.46. The van der Waals surface area contributed by atoms with Crippen molar-refractivity contribution in [2.45, 2.75) is 6.54 Å². The van der Waals surface area contributed by atoms with Crippen molar-refractivity contribution >= 4 is 0 Å². The number of hydrogen-bond donors (Lipinski definition) is 0. The van der Waals surface area contributed by atoms with Crippen molar-refractivity contribution in [1.82, 2.24) is 4.90 Å². The van der Waals surface area contributed by atoms with Gasteiger partial charge < -0.3 is 14.2 Å². The first-order valence-electron chi connectivity index (χ1n) is 7.17. The Morgan fingerprint density at radius 1 is 1.14 bits per heavy atom. The molecule has 0 unspecified atom stereocenters. The molecule has 0 saturated heterocycles. The molecular formula is C17H18FNO3. The Morgan fingerprint density at radius 3 is 2.82 bits per heavy atom. The van der Waals surface area contributed by atoms with E-state index >= 15 is 0 Å². The predicted molar refractivity (Wildman–Crippen MR) is 80.8 cm³/mol. The smallest absolute Gasteiger partial charge is 0.231 e. The summed E-state index contributed by atoms with van der Waals surface area (Å²) in [7, 11) is 2.00. The molecule has 0 saturated carbocycles. The fraction of sp³-hybridized carbons (Fsp3) is 0.294. The van der Waals surface area contributed by atoms with Gasteiger partial charge >= 0.3 is 0 Å². The van der Waals surface area contributed by atoms with Gasteiger partial charge in [0.2, 0.25) is 6.79 Å². The molecule has 116 valence electrons. The summed E-state index contributed by atoms with van der Waals surface area (Å²) < 4.78 is 29.5. The maximum absolute atomic E-state index is 13.4. The summed E-state index contributed by atoms with van der Waals surface area (Å²) in [6.07, 6.45) is 0. The van der Waals surface area contributed by atoms with E-state index in [2.05, 4.69) is 4.90 Å². The number of rotatable bonds is 6. The number of hydrogen-bond acceptors (Lipinski definition) is 4. The number of ether oxygens (including phenoxy) is 3. The Labute approximate surface area is 129 Å². The second kappa shape index (κ2) is 6.66. The second-order valence-electron chi connectivity index (χ2n) is 5.20. The summed E-state index contributed by atoms with van der Waals surface area (Å²) in [5.74, 6) is 1.53. The Hall–Kier alpha value is -2.27. The molecule has 5 heteroatoms. The van der Waals surface area contributed by atoms with Gasteiger partial charge in [0.1, 0.15) is 6.61 Å². The van der Waals surface area contributed by atoms with E-state index in [1.807, 2.05) is 25.2 Å². The van der Waals surface area contributed by atoms with E-state index < -0.39 is 0 Å². The molecule has 2 aromatic carbocycles. The molecule has 2 aromatic rings. The lowest BCUT2D eigenvalue weighted by atomic mass is 10.2. The number of fused-ring (bicyclic) bond motifs is 1. The lowest BCUT2D eigenvalue weighted by Crippen LogP contribution is -2.24. The molecule has 0 fully saturated rings. The zero-order chi connectivity index (χ0) is 15.4. The van der Waals surface area contributed by atoms with Gasteiger partial charge in [0.15, 0.2) is 23.1 Å². The van der Waals surface area contributed by atoms with Crippen molar-refractivity contribution in [3.63, 3.8) is 0 Å². The molecule has 0 radical (unpaired) electrons. The highest BCUT2D eigenvalue weighted by Gasteiger charge is 2.13. The molecule has 0 amide bonds. The van der Waals surface area contributed by atoms with Gasteiger partial charge in [-0.05, 0) is 36.9 Å². The van der Waals surface area contributed by atoms with Crippen LogP contribution in [-0.2, 0) is 6.54 Å². The highest BCUT2D eigenvalue weighted by Crippen LogP contribution is 2.32. The van der Waals surface area contributed by atoms with Gasteiger partial charge in [0, 0.05) is 13.1 Å². The monoisotopic (exact) mass is 303 g/mol. The van der Waals surface area contributed by atoms with Crippen molar-refractivity contribution in [3.05, 3.63) is 53.8 Å². The molecule has 1 aliphatic heterocycles. The Morgan fingerprint density at radius 2 is 1.95 bits per heavy atom. The summed E-state index contributed by atoms with van der Waals surface area (Å²) in [6.45, 7) is 2.17. The number of halogens is 1. The number of benzene rings is 2. The third kappa shape index (κ3) is 3.49. The molecule has 22 heavy (non-hydrogen) atoms. The third-order valence-corrected chi connectivity index (χ3v) is 3.46. The Bertz CT molecular complexity index is 648. The minimum atomic E-state index is -0.332. The van der Waals surface area contributed by atoms with Gasteiger partial charge in [0.05, 0.1) is 0 Å². The lowest BCUT2D eigenvalue weighted by molar-refractivity contribution is 0.174. The van der Waals surface area contributed by atoms with Crippen LogP contribution in [0, 0.1) is 5.82 Å². The van der Waals surface area contributed by atoms with Crippen LogP contribution in [0.5, 0.6) is 17.2 Å². The average Bonchev–Trinajstić information content (AvgIpc) is 2.97. The fourth-order valence-electron chi connectivity index (χ4n) is 2.30. The van der Waals surface area contributed by atoms with Gasteiger partial charge in [-0.15, -0.1) is 0 Å². The van der Waals surface area contributed by atoms with Gasteiger partial charge in [-0.25, -0.2) is 4.39 Å². The van der Waals surface area contributed by atoms with E-state index in [-0.39, 0.29) is 12.6 Å². The molecule has 3 rings (SSSR count). The van der Waals surface area contributed by atoms with E-state index in [0.717, 1.165) is 23.6 Å². The van der Waals surface area contributed by atoms with Gasteiger partial charge in [-0.3, -0.25) is 4.90 Å². The van der Waals surface area contributed by atoms with Gasteiger partial charge in [-0.2, -0.15) is 0 Å². The van der Waals surface area contributed by atoms with E-state index in [1.165, 1.54) is 6.07 Å². The van der Waals surface area contributed by atoms with Crippen LogP contribution in [0.3, 0.4) is 0 Å². The highest BCUT2D eigenvalue weighted by atomic mass is 19.1. The summed E-state index contributed by atoms with van der Waals surface area (Å²) >= 11 is 0. The lowest BCUT2D eigenvalue weighted by Gasteiger charge is -2.17. The van der Waals surface area contributed by atoms with Crippen LogP contribution in [0.2, 0.25) is 0 Å². The first kappa shape index (κ1) is 14.7. The van der Waals surface area contributed by atoms with Crippen molar-refractivity contribution < 1.29 is 18.6 Å². The largest absolute Gasteiger partial charge is 0.489 e. The highest BCUT2D eigenvalue weighted by molar-refractivity contribution is 5.44. The topological polar surface area (TPSA) is 30.9 Å². The zero-order valence-corrected chi connectivity index (χ0v) is 12.4. The van der Waals surface area contributed by atoms with Crippen molar-refractivity contribution in [2.24, 2.45) is 0 Å². The summed E-state index contributed by atoms with van der Waals surface area (Å²) in [6, 6.07) is 12.3. The summed E-state index contributed by atoms with van der Waals surface area (Å²) in [4.78, 5) is 2.11. The average molecular weight is 303 g/mol. The standard InChI is InChI=1S/C17H18FNO3/c1-19(8-9-20-15-5-3-2-4-14(15)18)11-13-6-7-16-17(10-13)22-12-21-16/h2-7,10H,8-9,11-12H2,1H3. The van der Waals surface area contributed by atoms with Crippen LogP contribution in [-0.4, -0.2) is 31.9 Å². The number of likely N-dealkylation sites (N-methyl/N-ethyl adjacent to an activating group) is 1. The predicted octanol–water partition coefficient (Wildman–Crippen LogP) is 3.07. The first-order chi connectivity index (χ1) is 10.7. The van der Waals surface area contributed by atoms with E-state index in [9.17, 15) is 4.39 Å². The number of nitrogens with zero attached hydrogens (tertiary/aromatic N) is 1. The molecule has 1 heterocycles. The first-order valence-corrected chi connectivity index (χ1v) is 7.17. The minimum Gasteiger partial charge on any atom is -0.489 e. The van der Waals surface area contributed by atoms with Crippen molar-refractivity contribution in [3.8, 4) is 17.2 Å². The fourth-order valence-corrected chi connectivity index (χ4v) is 2.30. The molecule has 4 nitrogen and oxygen atoms in total. The zero-order valence-electron chi connectivity index (χ0n) is 12.4. The molecule has 0 aliphatic carbocycles. The van der Waals surface area contributed by atoms with Crippen LogP contribution >= 0.6 is 0 Å². The molecule has 0 aromatic heterocycles. The molecule has 0 bridgehead atoms. The van der Waals surface area contributed by atoms with Crippen LogP contribution in [0.1, 0.15) is 5.56 Å². The molecule has 1 aliphatic rings. The molecule has 0 atom stereocenters. The maximum Gasteiger partial charge on any atom is 0.231 e. The summed E-state index contributed by atoms with van der Waals surface area (Å²) in [5.41, 5.74) is 1.14. The normalized spacial score (nSPS) is 12.7. The Balaban J connectivity index is 1.48. The van der Waals surface area contributed by atoms with Crippen LogP contribution in [0.25, 0.3) is 0 Å². The molecule has 0 N–H and O–H groups in total. The van der Waals surface area contributed by atoms with Gasteiger partial charge in [-0.1, -0.05) is 18.2 Å². The second-order valence-corrected chi connectivity index (χ2v) is 5.20. The summed E-state index contributed by atoms with van der Waals surface area (Å²) in [5, 5.41) is 0.